The molecule has 0 unspecified atom stereocenters. The molecule has 0 aromatic carbocycles. The summed E-state index contributed by atoms with van der Waals surface area (Å²) in [5.74, 6) is -0.283. The molecule has 1 N–H and O–H groups in total. The lowest BCUT2D eigenvalue weighted by Crippen LogP contribution is -2.19. The molecule has 1 fully saturated rings. The van der Waals surface area contributed by atoms with E-state index < -0.39 is 6.10 Å². The van der Waals surface area contributed by atoms with Gasteiger partial charge in [0.05, 0.1) is 31.8 Å². The van der Waals surface area contributed by atoms with Crippen LogP contribution in [0.2, 0.25) is 0 Å². The van der Waals surface area contributed by atoms with Crippen LogP contribution in [0.1, 0.15) is 26.2 Å². The van der Waals surface area contributed by atoms with E-state index in [-0.39, 0.29) is 24.6 Å². The van der Waals surface area contributed by atoms with Crippen molar-refractivity contribution >= 4 is 5.97 Å². The Balaban J connectivity index is 2.35. The molecule has 0 spiro atoms. The number of hydrogen-bond acceptors (Lipinski definition) is 4. The van der Waals surface area contributed by atoms with Crippen LogP contribution in [0.15, 0.2) is 0 Å². The minimum atomic E-state index is -0.431. The third-order valence-electron chi connectivity index (χ3n) is 2.33. The zero-order chi connectivity index (χ0) is 9.84. The molecule has 1 saturated heterocycles. The number of aliphatic hydroxyl groups is 1. The molecule has 0 aliphatic carbocycles. The molecular formula is C9H16O4. The van der Waals surface area contributed by atoms with Crippen molar-refractivity contribution in [1.29, 1.82) is 0 Å². The van der Waals surface area contributed by atoms with Gasteiger partial charge in [0.1, 0.15) is 0 Å². The van der Waals surface area contributed by atoms with Gasteiger partial charge in [0, 0.05) is 6.42 Å². The zero-order valence-electron chi connectivity index (χ0n) is 8.03. The smallest absolute Gasteiger partial charge is 0.308 e. The number of esters is 1. The zero-order valence-corrected chi connectivity index (χ0v) is 8.03. The van der Waals surface area contributed by atoms with Gasteiger partial charge in [0.2, 0.25) is 0 Å². The van der Waals surface area contributed by atoms with E-state index in [2.05, 4.69) is 4.74 Å². The summed E-state index contributed by atoms with van der Waals surface area (Å²) in [5, 5.41) is 9.47. The van der Waals surface area contributed by atoms with Gasteiger partial charge in [-0.15, -0.1) is 0 Å². The predicted octanol–water partition coefficient (Wildman–Crippen LogP) is 0.478. The number of hydrogen-bond donors (Lipinski definition) is 1. The van der Waals surface area contributed by atoms with E-state index >= 15 is 0 Å². The standard InChI is InChI=1S/C9H16O4/c1-3-8-7(10)4-6(13-8)5-9(11)12-2/h6-8,10H,3-5H2,1-2H3/t6-,7+,8-/m0/s1. The van der Waals surface area contributed by atoms with Crippen LogP contribution >= 0.6 is 0 Å². The highest BCUT2D eigenvalue weighted by Gasteiger charge is 2.33. The van der Waals surface area contributed by atoms with E-state index in [4.69, 9.17) is 4.74 Å². The van der Waals surface area contributed by atoms with Crippen molar-refractivity contribution in [3.63, 3.8) is 0 Å². The Morgan fingerprint density at radius 3 is 2.85 bits per heavy atom. The van der Waals surface area contributed by atoms with Crippen LogP contribution in [0.4, 0.5) is 0 Å². The molecule has 1 heterocycles. The maximum atomic E-state index is 10.9. The maximum Gasteiger partial charge on any atom is 0.308 e. The van der Waals surface area contributed by atoms with E-state index in [1.165, 1.54) is 7.11 Å². The van der Waals surface area contributed by atoms with Crippen LogP contribution in [-0.2, 0) is 14.3 Å². The highest BCUT2D eigenvalue weighted by atomic mass is 16.5. The first-order valence-corrected chi connectivity index (χ1v) is 4.57. The number of ether oxygens (including phenoxy) is 2. The van der Waals surface area contributed by atoms with Crippen molar-refractivity contribution in [3.05, 3.63) is 0 Å². The van der Waals surface area contributed by atoms with Gasteiger partial charge in [-0.05, 0) is 6.42 Å². The van der Waals surface area contributed by atoms with Crippen molar-refractivity contribution in [2.24, 2.45) is 0 Å². The van der Waals surface area contributed by atoms with E-state index in [1.807, 2.05) is 6.92 Å². The Bertz CT molecular complexity index is 180. The van der Waals surface area contributed by atoms with E-state index in [0.29, 0.717) is 6.42 Å². The monoisotopic (exact) mass is 188 g/mol. The number of carbonyl (C=O) groups is 1. The fourth-order valence-corrected chi connectivity index (χ4v) is 1.58. The Hall–Kier alpha value is -0.610. The summed E-state index contributed by atoms with van der Waals surface area (Å²) < 4.78 is 9.96. The molecule has 76 valence electrons. The Labute approximate surface area is 77.8 Å². The van der Waals surface area contributed by atoms with Crippen molar-refractivity contribution < 1.29 is 19.4 Å². The molecule has 0 aromatic heterocycles. The highest BCUT2D eigenvalue weighted by Crippen LogP contribution is 2.24. The molecule has 13 heavy (non-hydrogen) atoms. The van der Waals surface area contributed by atoms with Gasteiger partial charge in [-0.2, -0.15) is 0 Å². The van der Waals surface area contributed by atoms with Gasteiger partial charge in [-0.3, -0.25) is 4.79 Å². The highest BCUT2D eigenvalue weighted by molar-refractivity contribution is 5.69. The van der Waals surface area contributed by atoms with E-state index in [0.717, 1.165) is 6.42 Å². The third kappa shape index (κ3) is 2.67. The van der Waals surface area contributed by atoms with Gasteiger partial charge in [0.25, 0.3) is 0 Å². The van der Waals surface area contributed by atoms with Gasteiger partial charge >= 0.3 is 5.97 Å². The van der Waals surface area contributed by atoms with Crippen molar-refractivity contribution in [1.82, 2.24) is 0 Å². The average molecular weight is 188 g/mol. The molecule has 1 aliphatic heterocycles. The molecular weight excluding hydrogens is 172 g/mol. The van der Waals surface area contributed by atoms with Crippen LogP contribution in [0.25, 0.3) is 0 Å². The molecule has 1 rings (SSSR count). The minimum Gasteiger partial charge on any atom is -0.469 e. The second-order valence-corrected chi connectivity index (χ2v) is 3.29. The molecule has 0 aromatic rings. The second kappa shape index (κ2) is 4.58. The fraction of sp³-hybridized carbons (Fsp3) is 0.889. The maximum absolute atomic E-state index is 10.9. The Morgan fingerprint density at radius 2 is 2.38 bits per heavy atom. The molecule has 0 saturated carbocycles. The molecule has 3 atom stereocenters. The van der Waals surface area contributed by atoms with Crippen LogP contribution < -0.4 is 0 Å². The number of rotatable bonds is 3. The molecule has 0 amide bonds. The number of aliphatic hydroxyl groups excluding tert-OH is 1. The summed E-state index contributed by atoms with van der Waals surface area (Å²) in [6, 6.07) is 0. The first-order valence-electron chi connectivity index (χ1n) is 4.57. The van der Waals surface area contributed by atoms with E-state index in [1.54, 1.807) is 0 Å². The third-order valence-corrected chi connectivity index (χ3v) is 2.33. The summed E-state index contributed by atoms with van der Waals surface area (Å²) in [6.07, 6.45) is 0.831. The molecule has 0 radical (unpaired) electrons. The molecule has 4 nitrogen and oxygen atoms in total. The largest absolute Gasteiger partial charge is 0.469 e. The first kappa shape index (κ1) is 10.5. The predicted molar refractivity (Wildman–Crippen MR) is 46.2 cm³/mol. The summed E-state index contributed by atoms with van der Waals surface area (Å²) >= 11 is 0. The molecule has 1 aliphatic rings. The lowest BCUT2D eigenvalue weighted by atomic mass is 10.1. The number of carbonyl (C=O) groups excluding carboxylic acids is 1. The van der Waals surface area contributed by atoms with Gasteiger partial charge in [-0.1, -0.05) is 6.92 Å². The van der Waals surface area contributed by atoms with Crippen LogP contribution in [0.3, 0.4) is 0 Å². The summed E-state index contributed by atoms with van der Waals surface area (Å²) in [7, 11) is 1.35. The van der Waals surface area contributed by atoms with Crippen LogP contribution in [0.5, 0.6) is 0 Å². The molecule has 4 heteroatoms. The van der Waals surface area contributed by atoms with Crippen molar-refractivity contribution in [3.8, 4) is 0 Å². The average Bonchev–Trinajstić information content (AvgIpc) is 2.46. The fourth-order valence-electron chi connectivity index (χ4n) is 1.58. The summed E-state index contributed by atoms with van der Waals surface area (Å²) in [6.45, 7) is 1.95. The Morgan fingerprint density at radius 1 is 1.69 bits per heavy atom. The normalized spacial score (nSPS) is 33.3. The van der Waals surface area contributed by atoms with Gasteiger partial charge < -0.3 is 14.6 Å². The Kier molecular flexibility index (Phi) is 3.69. The molecule has 0 bridgehead atoms. The van der Waals surface area contributed by atoms with Crippen LogP contribution in [-0.4, -0.2) is 36.5 Å². The van der Waals surface area contributed by atoms with Crippen molar-refractivity contribution in [2.75, 3.05) is 7.11 Å². The SMILES string of the molecule is CC[C@@H]1O[C@H](CC(=O)OC)C[C@H]1O. The van der Waals surface area contributed by atoms with Crippen molar-refractivity contribution in [2.45, 2.75) is 44.5 Å². The summed E-state index contributed by atoms with van der Waals surface area (Å²) in [5.41, 5.74) is 0. The first-order chi connectivity index (χ1) is 6.17. The lowest BCUT2D eigenvalue weighted by molar-refractivity contribution is -0.143. The lowest BCUT2D eigenvalue weighted by Gasteiger charge is -2.11. The summed E-state index contributed by atoms with van der Waals surface area (Å²) in [4.78, 5) is 10.9. The quantitative estimate of drug-likeness (QED) is 0.654. The second-order valence-electron chi connectivity index (χ2n) is 3.29. The van der Waals surface area contributed by atoms with E-state index in [9.17, 15) is 9.90 Å². The van der Waals surface area contributed by atoms with Crippen LogP contribution in [0, 0.1) is 0 Å². The number of methoxy groups -OCH3 is 1. The topological polar surface area (TPSA) is 55.8 Å². The minimum absolute atomic E-state index is 0.116. The van der Waals surface area contributed by atoms with Gasteiger partial charge in [-0.25, -0.2) is 0 Å². The van der Waals surface area contributed by atoms with Gasteiger partial charge in [0.15, 0.2) is 0 Å².